The van der Waals surface area contributed by atoms with Gasteiger partial charge in [0.15, 0.2) is 5.69 Å². The van der Waals surface area contributed by atoms with Gasteiger partial charge in [0.05, 0.1) is 13.3 Å². The third-order valence-electron chi connectivity index (χ3n) is 3.30. The van der Waals surface area contributed by atoms with Crippen molar-refractivity contribution in [3.63, 3.8) is 0 Å². The Labute approximate surface area is 106 Å². The van der Waals surface area contributed by atoms with Gasteiger partial charge in [-0.05, 0) is 23.8 Å². The third-order valence-corrected chi connectivity index (χ3v) is 3.30. The number of hydrogen-bond donors (Lipinski definition) is 1. The second-order valence-electron chi connectivity index (χ2n) is 5.02. The van der Waals surface area contributed by atoms with E-state index in [1.807, 2.05) is 0 Å². The van der Waals surface area contributed by atoms with E-state index < -0.39 is 5.97 Å². The lowest BCUT2D eigenvalue weighted by molar-refractivity contribution is 0.0593. The molecule has 0 aromatic carbocycles. The first-order valence-electron chi connectivity index (χ1n) is 5.87. The fraction of sp³-hybridized carbons (Fsp3) is 0.462. The van der Waals surface area contributed by atoms with E-state index >= 15 is 0 Å². The predicted octanol–water partition coefficient (Wildman–Crippen LogP) is 2.05. The van der Waals surface area contributed by atoms with Crippen LogP contribution in [0.2, 0.25) is 0 Å². The zero-order valence-electron chi connectivity index (χ0n) is 10.9. The normalized spacial score (nSPS) is 17.4. The Hall–Kier alpha value is -1.91. The summed E-state index contributed by atoms with van der Waals surface area (Å²) in [6.07, 6.45) is 5.49. The maximum atomic E-state index is 11.5. The number of nitrogen functional groups attached to an aromatic ring is 1. The highest BCUT2D eigenvalue weighted by atomic mass is 16.5. The van der Waals surface area contributed by atoms with Gasteiger partial charge in [0.1, 0.15) is 11.5 Å². The summed E-state index contributed by atoms with van der Waals surface area (Å²) >= 11 is 0. The molecule has 1 aromatic heterocycles. The van der Waals surface area contributed by atoms with Crippen LogP contribution in [-0.2, 0) is 4.74 Å². The smallest absolute Gasteiger partial charge is 0.358 e. The molecule has 5 nitrogen and oxygen atoms in total. The molecule has 96 valence electrons. The maximum absolute atomic E-state index is 11.5. The second kappa shape index (κ2) is 4.40. The summed E-state index contributed by atoms with van der Waals surface area (Å²) in [5.41, 5.74) is 7.71. The van der Waals surface area contributed by atoms with E-state index in [1.165, 1.54) is 13.3 Å². The molecule has 1 aromatic rings. The largest absolute Gasteiger partial charge is 0.464 e. The van der Waals surface area contributed by atoms with Crippen LogP contribution in [0.3, 0.4) is 0 Å². The molecule has 18 heavy (non-hydrogen) atoms. The molecular formula is C13H17N3O2. The molecule has 0 saturated carbocycles. The molecule has 5 heteroatoms. The Kier molecular flexibility index (Phi) is 3.07. The minimum absolute atomic E-state index is 0.0115. The highest BCUT2D eigenvalue weighted by Crippen LogP contribution is 2.44. The van der Waals surface area contributed by atoms with Gasteiger partial charge in [0.2, 0.25) is 0 Å². The highest BCUT2D eigenvalue weighted by Gasteiger charge is 2.31. The molecule has 2 rings (SSSR count). The number of carbonyl (C=O) groups excluding carboxylic acids is 1. The zero-order chi connectivity index (χ0) is 13.3. The van der Waals surface area contributed by atoms with E-state index in [0.29, 0.717) is 11.5 Å². The van der Waals surface area contributed by atoms with Crippen molar-refractivity contribution in [2.45, 2.75) is 26.7 Å². The number of methoxy groups -OCH3 is 1. The van der Waals surface area contributed by atoms with Crippen LogP contribution in [0.5, 0.6) is 0 Å². The number of carbonyl (C=O) groups is 1. The van der Waals surface area contributed by atoms with Crippen LogP contribution in [0.15, 0.2) is 12.3 Å². The van der Waals surface area contributed by atoms with Crippen molar-refractivity contribution in [1.29, 1.82) is 0 Å². The molecule has 0 atom stereocenters. The van der Waals surface area contributed by atoms with Crippen LogP contribution in [0.4, 0.5) is 5.82 Å². The number of ether oxygens (including phenoxy) is 1. The summed E-state index contributed by atoms with van der Waals surface area (Å²) in [6, 6.07) is 0. The van der Waals surface area contributed by atoms with Crippen molar-refractivity contribution >= 4 is 17.4 Å². The van der Waals surface area contributed by atoms with Gasteiger partial charge in [-0.2, -0.15) is 0 Å². The number of allylic oxidation sites excluding steroid dienone is 2. The average molecular weight is 247 g/mol. The quantitative estimate of drug-likeness (QED) is 0.809. The van der Waals surface area contributed by atoms with Crippen molar-refractivity contribution in [3.05, 3.63) is 23.7 Å². The standard InChI is InChI=1S/C13H17N3O2/c1-13(2)6-4-5-8(13)10-11(14)15-7-9(16-10)12(17)18-3/h5,7H,4,6H2,1-3H3,(H2,14,15). The van der Waals surface area contributed by atoms with E-state index in [-0.39, 0.29) is 11.1 Å². The SMILES string of the molecule is COC(=O)c1cnc(N)c(C2=CCCC2(C)C)n1. The molecule has 0 amide bonds. The van der Waals surface area contributed by atoms with E-state index in [1.54, 1.807) is 0 Å². The summed E-state index contributed by atoms with van der Waals surface area (Å²) in [5, 5.41) is 0. The molecule has 1 aliphatic rings. The fourth-order valence-corrected chi connectivity index (χ4v) is 2.21. The Morgan fingerprint density at radius 3 is 2.78 bits per heavy atom. The number of nitrogens with two attached hydrogens (primary N) is 1. The van der Waals surface area contributed by atoms with Crippen LogP contribution in [0.1, 0.15) is 42.9 Å². The van der Waals surface area contributed by atoms with Gasteiger partial charge in [-0.15, -0.1) is 0 Å². The van der Waals surface area contributed by atoms with Crippen LogP contribution < -0.4 is 5.73 Å². The number of aromatic nitrogens is 2. The fourth-order valence-electron chi connectivity index (χ4n) is 2.21. The summed E-state index contributed by atoms with van der Waals surface area (Å²) in [5.74, 6) is -0.149. The Morgan fingerprint density at radius 2 is 2.22 bits per heavy atom. The number of rotatable bonds is 2. The minimum Gasteiger partial charge on any atom is -0.464 e. The van der Waals surface area contributed by atoms with Gasteiger partial charge in [-0.25, -0.2) is 14.8 Å². The lowest BCUT2D eigenvalue weighted by Crippen LogP contribution is -2.15. The molecule has 0 aliphatic heterocycles. The molecule has 0 radical (unpaired) electrons. The van der Waals surface area contributed by atoms with Crippen LogP contribution in [0.25, 0.3) is 5.57 Å². The monoisotopic (exact) mass is 247 g/mol. The van der Waals surface area contributed by atoms with Gasteiger partial charge in [0.25, 0.3) is 0 Å². The molecule has 0 fully saturated rings. The first-order valence-corrected chi connectivity index (χ1v) is 5.87. The van der Waals surface area contributed by atoms with E-state index in [0.717, 1.165) is 18.4 Å². The number of anilines is 1. The summed E-state index contributed by atoms with van der Waals surface area (Å²) in [6.45, 7) is 4.27. The van der Waals surface area contributed by atoms with Crippen LogP contribution >= 0.6 is 0 Å². The van der Waals surface area contributed by atoms with E-state index in [2.05, 4.69) is 34.6 Å². The van der Waals surface area contributed by atoms with Gasteiger partial charge in [-0.3, -0.25) is 0 Å². The van der Waals surface area contributed by atoms with Gasteiger partial charge in [-0.1, -0.05) is 19.9 Å². The van der Waals surface area contributed by atoms with Crippen molar-refractivity contribution < 1.29 is 9.53 Å². The zero-order valence-corrected chi connectivity index (χ0v) is 10.9. The Bertz CT molecular complexity index is 521. The van der Waals surface area contributed by atoms with Crippen molar-refractivity contribution in [1.82, 2.24) is 9.97 Å². The molecule has 1 heterocycles. The first-order chi connectivity index (χ1) is 8.45. The van der Waals surface area contributed by atoms with Gasteiger partial charge in [0, 0.05) is 0 Å². The van der Waals surface area contributed by atoms with E-state index in [4.69, 9.17) is 5.73 Å². The second-order valence-corrected chi connectivity index (χ2v) is 5.02. The highest BCUT2D eigenvalue weighted by molar-refractivity contribution is 5.88. The maximum Gasteiger partial charge on any atom is 0.358 e. The molecule has 0 unspecified atom stereocenters. The van der Waals surface area contributed by atoms with Crippen LogP contribution in [0, 0.1) is 5.41 Å². The molecule has 0 saturated heterocycles. The first kappa shape index (κ1) is 12.5. The van der Waals surface area contributed by atoms with Crippen molar-refractivity contribution in [2.24, 2.45) is 5.41 Å². The Morgan fingerprint density at radius 1 is 1.50 bits per heavy atom. The minimum atomic E-state index is -0.500. The molecule has 0 bridgehead atoms. The Balaban J connectivity index is 2.48. The van der Waals surface area contributed by atoms with Gasteiger partial charge >= 0.3 is 5.97 Å². The number of esters is 1. The average Bonchev–Trinajstić information content (AvgIpc) is 2.68. The number of nitrogens with zero attached hydrogens (tertiary/aromatic N) is 2. The summed E-state index contributed by atoms with van der Waals surface area (Å²) in [4.78, 5) is 19.8. The molecular weight excluding hydrogens is 230 g/mol. The lowest BCUT2D eigenvalue weighted by Gasteiger charge is -2.22. The summed E-state index contributed by atoms with van der Waals surface area (Å²) in [7, 11) is 1.32. The van der Waals surface area contributed by atoms with Crippen molar-refractivity contribution in [3.8, 4) is 0 Å². The van der Waals surface area contributed by atoms with E-state index in [9.17, 15) is 4.79 Å². The molecule has 0 spiro atoms. The number of hydrogen-bond acceptors (Lipinski definition) is 5. The van der Waals surface area contributed by atoms with Crippen LogP contribution in [-0.4, -0.2) is 23.0 Å². The molecule has 2 N–H and O–H groups in total. The predicted molar refractivity (Wildman–Crippen MR) is 68.8 cm³/mol. The summed E-state index contributed by atoms with van der Waals surface area (Å²) < 4.78 is 4.64. The lowest BCUT2D eigenvalue weighted by atomic mass is 9.84. The topological polar surface area (TPSA) is 78.1 Å². The van der Waals surface area contributed by atoms with Gasteiger partial charge < -0.3 is 10.5 Å². The molecule has 1 aliphatic carbocycles. The third kappa shape index (κ3) is 2.08. The van der Waals surface area contributed by atoms with Crippen molar-refractivity contribution in [2.75, 3.05) is 12.8 Å².